The molecule has 27 heteroatoms. The number of hydrogen-bond donors (Lipinski definition) is 4. The first kappa shape index (κ1) is 65.5. The second kappa shape index (κ2) is 27.4. The molecule has 0 radical (unpaired) electrons. The van der Waals surface area contributed by atoms with E-state index >= 15 is 0 Å². The highest BCUT2D eigenvalue weighted by molar-refractivity contribution is 7.90. The fourth-order valence-electron chi connectivity index (χ4n) is 9.19. The molecule has 0 amide bonds. The van der Waals surface area contributed by atoms with E-state index in [4.69, 9.17) is 0 Å². The average molecular weight is 1300 g/mol. The van der Waals surface area contributed by atoms with E-state index in [9.17, 15) is 46.8 Å². The molecule has 0 spiro atoms. The zero-order valence-corrected chi connectivity index (χ0v) is 53.0. The quantitative estimate of drug-likeness (QED) is 0.0705. The number of benzene rings is 4. The van der Waals surface area contributed by atoms with Gasteiger partial charge in [0.15, 0.2) is 0 Å². The summed E-state index contributed by atoms with van der Waals surface area (Å²) >= 11 is 0. The van der Waals surface area contributed by atoms with Gasteiger partial charge in [-0.25, -0.2) is 85.7 Å². The summed E-state index contributed by atoms with van der Waals surface area (Å²) in [5, 5.41) is 0. The molecule has 20 nitrogen and oxygen atoms in total. The number of nitrogens with zero attached hydrogens (tertiary/aromatic N) is 8. The predicted octanol–water partition coefficient (Wildman–Crippen LogP) is 9.83. The molecule has 0 atom stereocenters. The maximum absolute atomic E-state index is 13.6. The standard InChI is InChI=1S/C17H19N3O2S.C16H17N3O2S.C15H13F2N3O2S.C15H14FN3O2S/c1-12-6-7-16(9-14(12)3)23(21,22)18-10-15-11-20-8-4-5-13(2)17(20)19-15;1-12-6-7-15(13(2)9-12)22(20,21)17-10-14-11-19-8-4-3-5-16(19)18-14;1-10-4-5-20-9-12(19-15(20)6-10)8-18-23(21,22)14-7-11(16)2-3-13(14)17;1-11-5-4-8-19-10-12(18-15(11)19)9-17-22(20,21)14-7-3-2-6-13(14)16/h4-9,11,18H,10H2,1-3H3;3-9,11,17H,10H2,1-2H3;2-7,9,18H,8H2,1H3;2-8,10,17H,9H2,1H3. The summed E-state index contributed by atoms with van der Waals surface area (Å²) in [6.07, 6.45) is 14.5. The van der Waals surface area contributed by atoms with Crippen LogP contribution in [-0.4, -0.2) is 71.2 Å². The summed E-state index contributed by atoms with van der Waals surface area (Å²) in [6.45, 7) is 13.6. The largest absolute Gasteiger partial charge is 0.307 e. The summed E-state index contributed by atoms with van der Waals surface area (Å²) in [7, 11) is -15.2. The Morgan fingerprint density at radius 1 is 0.356 bits per heavy atom. The molecule has 12 aromatic rings. The Hall–Kier alpha value is -8.93. The molecule has 8 heterocycles. The van der Waals surface area contributed by atoms with Crippen LogP contribution in [0.1, 0.15) is 61.7 Å². The molecular weight excluding hydrogens is 1240 g/mol. The summed E-state index contributed by atoms with van der Waals surface area (Å²) in [6, 6.07) is 35.1. The Labute approximate surface area is 519 Å². The van der Waals surface area contributed by atoms with Gasteiger partial charge in [-0.3, -0.25) is 0 Å². The lowest BCUT2D eigenvalue weighted by Crippen LogP contribution is -2.24. The summed E-state index contributed by atoms with van der Waals surface area (Å²) in [4.78, 5) is 17.0. The van der Waals surface area contributed by atoms with Crippen LogP contribution in [-0.2, 0) is 66.3 Å². The van der Waals surface area contributed by atoms with Crippen LogP contribution in [0.4, 0.5) is 13.2 Å². The number of imidazole rings is 4. The van der Waals surface area contributed by atoms with Gasteiger partial charge in [-0.05, 0) is 167 Å². The van der Waals surface area contributed by atoms with E-state index in [1.807, 2.05) is 159 Å². The van der Waals surface area contributed by atoms with Gasteiger partial charge in [-0.15, -0.1) is 0 Å². The smallest absolute Gasteiger partial charge is 0.243 e. The fraction of sp³-hybridized carbons (Fsp3) is 0.175. The van der Waals surface area contributed by atoms with Crippen LogP contribution in [0.5, 0.6) is 0 Å². The van der Waals surface area contributed by atoms with Crippen molar-refractivity contribution in [3.05, 3.63) is 262 Å². The topological polar surface area (TPSA) is 254 Å². The van der Waals surface area contributed by atoms with E-state index in [1.54, 1.807) is 48.0 Å². The molecule has 0 aliphatic heterocycles. The Morgan fingerprint density at radius 2 is 0.844 bits per heavy atom. The minimum absolute atomic E-state index is 0.00219. The molecule has 12 rings (SSSR count). The monoisotopic (exact) mass is 1300 g/mol. The van der Waals surface area contributed by atoms with Crippen molar-refractivity contribution in [2.24, 2.45) is 0 Å². The van der Waals surface area contributed by atoms with Gasteiger partial charge in [0.2, 0.25) is 40.1 Å². The van der Waals surface area contributed by atoms with Crippen molar-refractivity contribution in [2.75, 3.05) is 0 Å². The van der Waals surface area contributed by atoms with E-state index in [0.29, 0.717) is 39.4 Å². The van der Waals surface area contributed by atoms with E-state index in [1.165, 1.54) is 18.2 Å². The average Bonchev–Trinajstić information content (AvgIpc) is 1.76. The van der Waals surface area contributed by atoms with E-state index in [-0.39, 0.29) is 36.0 Å². The zero-order chi connectivity index (χ0) is 64.7. The van der Waals surface area contributed by atoms with Crippen molar-refractivity contribution >= 4 is 62.7 Å². The highest BCUT2D eigenvalue weighted by Crippen LogP contribution is 2.21. The molecule has 4 N–H and O–H groups in total. The third-order valence-corrected chi connectivity index (χ3v) is 19.8. The van der Waals surface area contributed by atoms with Crippen LogP contribution in [0.2, 0.25) is 0 Å². The Morgan fingerprint density at radius 3 is 1.41 bits per heavy atom. The minimum atomic E-state index is -4.17. The summed E-state index contributed by atoms with van der Waals surface area (Å²) < 4.78 is 156. The van der Waals surface area contributed by atoms with Gasteiger partial charge in [-0.1, -0.05) is 54.1 Å². The number of hydrogen-bond acceptors (Lipinski definition) is 12. The van der Waals surface area contributed by atoms with E-state index < -0.39 is 62.4 Å². The Bertz CT molecular complexity index is 5060. The lowest BCUT2D eigenvalue weighted by molar-refractivity contribution is 0.545. The second-order valence-corrected chi connectivity index (χ2v) is 28.0. The van der Waals surface area contributed by atoms with Crippen molar-refractivity contribution in [2.45, 2.75) is 94.2 Å². The van der Waals surface area contributed by atoms with Gasteiger partial charge in [-0.2, -0.15) is 0 Å². The normalized spacial score (nSPS) is 11.9. The minimum Gasteiger partial charge on any atom is -0.307 e. The van der Waals surface area contributed by atoms with Crippen LogP contribution in [0.15, 0.2) is 203 Å². The van der Waals surface area contributed by atoms with Crippen molar-refractivity contribution in [3.63, 3.8) is 0 Å². The molecule has 0 aliphatic carbocycles. The number of halogens is 3. The van der Waals surface area contributed by atoms with Gasteiger partial charge in [0, 0.05) is 49.6 Å². The van der Waals surface area contributed by atoms with Gasteiger partial charge in [0.25, 0.3) is 0 Å². The zero-order valence-electron chi connectivity index (χ0n) is 49.8. The predicted molar refractivity (Wildman–Crippen MR) is 336 cm³/mol. The molecule has 90 heavy (non-hydrogen) atoms. The molecule has 0 saturated carbocycles. The molecule has 8 aromatic heterocycles. The van der Waals surface area contributed by atoms with Gasteiger partial charge in [0.05, 0.1) is 58.7 Å². The first-order valence-corrected chi connectivity index (χ1v) is 33.6. The maximum Gasteiger partial charge on any atom is 0.243 e. The number of sulfonamides is 4. The summed E-state index contributed by atoms with van der Waals surface area (Å²) in [5.74, 6) is -2.61. The molecule has 468 valence electrons. The molecule has 0 unspecified atom stereocenters. The highest BCUT2D eigenvalue weighted by Gasteiger charge is 2.22. The fourth-order valence-corrected chi connectivity index (χ4v) is 13.7. The number of nitrogens with one attached hydrogen (secondary N) is 4. The van der Waals surface area contributed by atoms with E-state index in [2.05, 4.69) is 38.8 Å². The van der Waals surface area contributed by atoms with Crippen LogP contribution >= 0.6 is 0 Å². The molecule has 4 aromatic carbocycles. The number of aryl methyl sites for hydroxylation is 7. The first-order valence-electron chi connectivity index (χ1n) is 27.7. The van der Waals surface area contributed by atoms with Gasteiger partial charge in [0.1, 0.15) is 49.8 Å². The molecule has 0 aliphatic rings. The van der Waals surface area contributed by atoms with Crippen molar-refractivity contribution in [3.8, 4) is 0 Å². The third-order valence-electron chi connectivity index (χ3n) is 14.0. The van der Waals surface area contributed by atoms with Crippen LogP contribution in [0, 0.1) is 65.9 Å². The maximum atomic E-state index is 13.6. The SMILES string of the molecule is Cc1ccc(S(=O)(=O)NCc2cn3cccc(C)c3n2)cc1C.Cc1ccc(S(=O)(=O)NCc2cn3ccccc3n2)c(C)c1.Cc1cccn2cc(CNS(=O)(=O)c3ccccc3F)nc12.Cc1ccn2cc(CNS(=O)(=O)c3cc(F)ccc3F)nc2c1. The van der Waals surface area contributed by atoms with E-state index in [0.717, 1.165) is 74.1 Å². The van der Waals surface area contributed by atoms with Crippen LogP contribution in [0.3, 0.4) is 0 Å². The van der Waals surface area contributed by atoms with Crippen molar-refractivity contribution < 1.29 is 46.8 Å². The lowest BCUT2D eigenvalue weighted by Gasteiger charge is -2.09. The molecule has 0 saturated heterocycles. The number of fused-ring (bicyclic) bond motifs is 4. The van der Waals surface area contributed by atoms with Crippen LogP contribution in [0.25, 0.3) is 22.6 Å². The first-order chi connectivity index (χ1) is 42.6. The second-order valence-electron chi connectivity index (χ2n) is 21.0. The number of pyridine rings is 4. The number of aromatic nitrogens is 8. The Balaban J connectivity index is 0.000000142. The molecule has 0 fully saturated rings. The highest BCUT2D eigenvalue weighted by atomic mass is 32.2. The molecular formula is C63H63F3N12O8S4. The Kier molecular flexibility index (Phi) is 20.0. The number of rotatable bonds is 16. The van der Waals surface area contributed by atoms with Gasteiger partial charge < -0.3 is 17.6 Å². The summed E-state index contributed by atoms with van der Waals surface area (Å²) in [5.41, 5.74) is 12.3. The van der Waals surface area contributed by atoms with Crippen molar-refractivity contribution in [1.82, 2.24) is 56.4 Å². The van der Waals surface area contributed by atoms with Gasteiger partial charge >= 0.3 is 0 Å². The molecule has 0 bridgehead atoms. The third kappa shape index (κ3) is 16.1. The van der Waals surface area contributed by atoms with Crippen LogP contribution < -0.4 is 18.9 Å². The lowest BCUT2D eigenvalue weighted by atomic mass is 10.1. The van der Waals surface area contributed by atoms with Crippen molar-refractivity contribution in [1.29, 1.82) is 0 Å².